The number of hydrogen-bond donors (Lipinski definition) is 0. The first-order valence-electron chi connectivity index (χ1n) is 9.77. The van der Waals surface area contributed by atoms with Crippen molar-refractivity contribution in [3.8, 4) is 0 Å². The van der Waals surface area contributed by atoms with E-state index in [9.17, 15) is 4.79 Å². The maximum absolute atomic E-state index is 12.4. The van der Waals surface area contributed by atoms with E-state index < -0.39 is 0 Å². The molecule has 0 aliphatic carbocycles. The molecule has 2 aromatic carbocycles. The van der Waals surface area contributed by atoms with Crippen molar-refractivity contribution in [2.75, 3.05) is 26.2 Å². The van der Waals surface area contributed by atoms with Crippen LogP contribution in [0, 0.1) is 5.92 Å². The fourth-order valence-electron chi connectivity index (χ4n) is 3.68. The molecule has 138 valence electrons. The number of benzene rings is 2. The van der Waals surface area contributed by atoms with Gasteiger partial charge in [-0.25, -0.2) is 0 Å². The van der Waals surface area contributed by atoms with Gasteiger partial charge in [-0.15, -0.1) is 0 Å². The maximum atomic E-state index is 12.4. The van der Waals surface area contributed by atoms with Crippen molar-refractivity contribution in [1.82, 2.24) is 9.80 Å². The number of carbonyl (C=O) groups is 1. The monoisotopic (exact) mass is 350 g/mol. The number of carbonyl (C=O) groups excluding carboxylic acids is 1. The Labute approximate surface area is 157 Å². The van der Waals surface area contributed by atoms with Crippen LogP contribution in [0.4, 0.5) is 0 Å². The lowest BCUT2D eigenvalue weighted by atomic mass is 9.96. The Morgan fingerprint density at radius 2 is 1.35 bits per heavy atom. The molecule has 26 heavy (non-hydrogen) atoms. The highest BCUT2D eigenvalue weighted by atomic mass is 16.2. The van der Waals surface area contributed by atoms with E-state index in [0.29, 0.717) is 18.2 Å². The van der Waals surface area contributed by atoms with Gasteiger partial charge in [-0.1, -0.05) is 74.5 Å². The topological polar surface area (TPSA) is 23.6 Å². The van der Waals surface area contributed by atoms with E-state index >= 15 is 0 Å². The van der Waals surface area contributed by atoms with Gasteiger partial charge in [0.25, 0.3) is 0 Å². The highest BCUT2D eigenvalue weighted by molar-refractivity contribution is 5.76. The molecule has 1 amide bonds. The zero-order valence-electron chi connectivity index (χ0n) is 16.0. The highest BCUT2D eigenvalue weighted by Crippen LogP contribution is 2.29. The third-order valence-corrected chi connectivity index (χ3v) is 5.20. The van der Waals surface area contributed by atoms with Crippen LogP contribution in [0.15, 0.2) is 60.7 Å². The molecule has 3 heteroatoms. The normalized spacial score (nSPS) is 15.6. The van der Waals surface area contributed by atoms with Gasteiger partial charge >= 0.3 is 0 Å². The molecule has 0 radical (unpaired) electrons. The van der Waals surface area contributed by atoms with Crippen LogP contribution >= 0.6 is 0 Å². The SMILES string of the molecule is CC(C)CCC(=O)N1CCN(C(c2ccccc2)c2ccccc2)CC1. The second-order valence-corrected chi connectivity index (χ2v) is 7.57. The summed E-state index contributed by atoms with van der Waals surface area (Å²) >= 11 is 0. The number of piperazine rings is 1. The second-order valence-electron chi connectivity index (χ2n) is 7.57. The smallest absolute Gasteiger partial charge is 0.222 e. The number of rotatable bonds is 6. The molecule has 2 aromatic rings. The predicted molar refractivity (Wildman–Crippen MR) is 107 cm³/mol. The van der Waals surface area contributed by atoms with E-state index in [1.54, 1.807) is 0 Å². The van der Waals surface area contributed by atoms with E-state index in [1.165, 1.54) is 11.1 Å². The Bertz CT molecular complexity index is 636. The summed E-state index contributed by atoms with van der Waals surface area (Å²) in [6.45, 7) is 7.84. The average molecular weight is 351 g/mol. The van der Waals surface area contributed by atoms with Crippen LogP contribution in [0.3, 0.4) is 0 Å². The fraction of sp³-hybridized carbons (Fsp3) is 0.435. The Kier molecular flexibility index (Phi) is 6.45. The summed E-state index contributed by atoms with van der Waals surface area (Å²) in [5.41, 5.74) is 2.64. The average Bonchev–Trinajstić information content (AvgIpc) is 2.68. The van der Waals surface area contributed by atoms with Crippen molar-refractivity contribution >= 4 is 5.91 Å². The maximum Gasteiger partial charge on any atom is 0.222 e. The van der Waals surface area contributed by atoms with Gasteiger partial charge in [0.1, 0.15) is 0 Å². The van der Waals surface area contributed by atoms with Gasteiger partial charge in [-0.2, -0.15) is 0 Å². The van der Waals surface area contributed by atoms with Gasteiger partial charge in [0.05, 0.1) is 6.04 Å². The third-order valence-electron chi connectivity index (χ3n) is 5.20. The molecule has 1 heterocycles. The van der Waals surface area contributed by atoms with Crippen molar-refractivity contribution in [1.29, 1.82) is 0 Å². The lowest BCUT2D eigenvalue weighted by molar-refractivity contribution is -0.133. The molecule has 1 fully saturated rings. The minimum absolute atomic E-state index is 0.255. The van der Waals surface area contributed by atoms with Crippen molar-refractivity contribution in [3.05, 3.63) is 71.8 Å². The number of amides is 1. The number of hydrogen-bond acceptors (Lipinski definition) is 2. The molecule has 3 rings (SSSR count). The molecule has 1 saturated heterocycles. The minimum Gasteiger partial charge on any atom is -0.340 e. The molecule has 0 atom stereocenters. The van der Waals surface area contributed by atoms with Crippen molar-refractivity contribution in [3.63, 3.8) is 0 Å². The summed E-state index contributed by atoms with van der Waals surface area (Å²) in [6.07, 6.45) is 1.66. The quantitative estimate of drug-likeness (QED) is 0.773. The second kappa shape index (κ2) is 9.00. The van der Waals surface area contributed by atoms with E-state index in [2.05, 4.69) is 79.4 Å². The van der Waals surface area contributed by atoms with Gasteiger partial charge in [0.15, 0.2) is 0 Å². The minimum atomic E-state index is 0.255. The first kappa shape index (κ1) is 18.7. The predicted octanol–water partition coefficient (Wildman–Crippen LogP) is 4.36. The summed E-state index contributed by atoms with van der Waals surface area (Å²) in [4.78, 5) is 17.0. The third kappa shape index (κ3) is 4.73. The molecule has 3 nitrogen and oxygen atoms in total. The fourth-order valence-corrected chi connectivity index (χ4v) is 3.68. The van der Waals surface area contributed by atoms with Gasteiger partial charge < -0.3 is 4.90 Å². The molecule has 0 aromatic heterocycles. The molecule has 0 spiro atoms. The van der Waals surface area contributed by atoms with Crippen LogP contribution in [-0.2, 0) is 4.79 Å². The van der Waals surface area contributed by atoms with Gasteiger partial charge in [0, 0.05) is 32.6 Å². The van der Waals surface area contributed by atoms with E-state index in [0.717, 1.165) is 32.6 Å². The Morgan fingerprint density at radius 3 is 1.81 bits per heavy atom. The summed E-state index contributed by atoms with van der Waals surface area (Å²) in [5.74, 6) is 0.898. The van der Waals surface area contributed by atoms with Crippen molar-refractivity contribution < 1.29 is 4.79 Å². The summed E-state index contributed by atoms with van der Waals surface area (Å²) in [5, 5.41) is 0. The summed E-state index contributed by atoms with van der Waals surface area (Å²) in [7, 11) is 0. The zero-order chi connectivity index (χ0) is 18.4. The zero-order valence-corrected chi connectivity index (χ0v) is 16.0. The Morgan fingerprint density at radius 1 is 0.846 bits per heavy atom. The molecule has 1 aliphatic rings. The standard InChI is InChI=1S/C23H30N2O/c1-19(2)13-14-22(26)24-15-17-25(18-16-24)23(20-9-5-3-6-10-20)21-11-7-4-8-12-21/h3-12,19,23H,13-18H2,1-2H3. The number of nitrogens with zero attached hydrogens (tertiary/aromatic N) is 2. The molecule has 0 saturated carbocycles. The van der Waals surface area contributed by atoms with Gasteiger partial charge in [0.2, 0.25) is 5.91 Å². The van der Waals surface area contributed by atoms with Crippen LogP contribution in [0.5, 0.6) is 0 Å². The van der Waals surface area contributed by atoms with E-state index in [4.69, 9.17) is 0 Å². The summed E-state index contributed by atoms with van der Waals surface area (Å²) < 4.78 is 0. The molecular weight excluding hydrogens is 320 g/mol. The summed E-state index contributed by atoms with van der Waals surface area (Å²) in [6, 6.07) is 21.6. The lowest BCUT2D eigenvalue weighted by Crippen LogP contribution is -2.49. The van der Waals surface area contributed by atoms with Crippen LogP contribution < -0.4 is 0 Å². The van der Waals surface area contributed by atoms with E-state index in [-0.39, 0.29) is 6.04 Å². The molecule has 0 bridgehead atoms. The Hall–Kier alpha value is -2.13. The first-order valence-corrected chi connectivity index (χ1v) is 9.77. The van der Waals surface area contributed by atoms with Crippen LogP contribution in [-0.4, -0.2) is 41.9 Å². The van der Waals surface area contributed by atoms with Crippen LogP contribution in [0.1, 0.15) is 43.9 Å². The van der Waals surface area contributed by atoms with Crippen LogP contribution in [0.25, 0.3) is 0 Å². The molecular formula is C23H30N2O. The van der Waals surface area contributed by atoms with Crippen LogP contribution in [0.2, 0.25) is 0 Å². The highest BCUT2D eigenvalue weighted by Gasteiger charge is 2.27. The van der Waals surface area contributed by atoms with E-state index in [1.807, 2.05) is 4.90 Å². The van der Waals surface area contributed by atoms with Crippen molar-refractivity contribution in [2.45, 2.75) is 32.7 Å². The van der Waals surface area contributed by atoms with Gasteiger partial charge in [-0.3, -0.25) is 9.69 Å². The molecule has 1 aliphatic heterocycles. The largest absolute Gasteiger partial charge is 0.340 e. The molecule has 0 unspecified atom stereocenters. The van der Waals surface area contributed by atoms with Crippen molar-refractivity contribution in [2.24, 2.45) is 5.92 Å². The van der Waals surface area contributed by atoms with Gasteiger partial charge in [-0.05, 0) is 23.5 Å². The first-order chi connectivity index (χ1) is 12.6. The lowest BCUT2D eigenvalue weighted by Gasteiger charge is -2.40. The Balaban J connectivity index is 1.69. The molecule has 0 N–H and O–H groups in total.